The van der Waals surface area contributed by atoms with Gasteiger partial charge in [-0.15, -0.1) is 12.4 Å². The first-order valence-electron chi connectivity index (χ1n) is 9.88. The maximum absolute atomic E-state index is 12.4. The van der Waals surface area contributed by atoms with Gasteiger partial charge in [-0.1, -0.05) is 0 Å². The van der Waals surface area contributed by atoms with Crippen LogP contribution in [0.4, 0.5) is 17.3 Å². The Labute approximate surface area is 200 Å². The van der Waals surface area contributed by atoms with Crippen LogP contribution in [0.1, 0.15) is 28.9 Å². The molecule has 0 bridgehead atoms. The van der Waals surface area contributed by atoms with Gasteiger partial charge in [-0.2, -0.15) is 0 Å². The van der Waals surface area contributed by atoms with E-state index < -0.39 is 23.9 Å². The molecule has 13 heteroatoms. The minimum absolute atomic E-state index is 0. The number of amides is 1. The topological polar surface area (TPSA) is 198 Å². The van der Waals surface area contributed by atoms with Crippen molar-refractivity contribution < 1.29 is 24.6 Å². The summed E-state index contributed by atoms with van der Waals surface area (Å²) in [6.45, 7) is 0.397. The number of rotatable bonds is 9. The average Bonchev–Trinajstić information content (AvgIpc) is 2.76. The zero-order valence-corrected chi connectivity index (χ0v) is 19.0. The zero-order chi connectivity index (χ0) is 24.1. The Balaban J connectivity index is 0.00000408. The largest absolute Gasteiger partial charge is 0.481 e. The minimum atomic E-state index is -1.30. The Morgan fingerprint density at radius 1 is 1.12 bits per heavy atom. The number of nitrogens with one attached hydrogen (secondary N) is 1. The fraction of sp³-hybridized carbons (Fsp3) is 0.238. The van der Waals surface area contributed by atoms with Crippen molar-refractivity contribution in [1.29, 1.82) is 0 Å². The number of anilines is 3. The van der Waals surface area contributed by atoms with Crippen molar-refractivity contribution in [1.82, 2.24) is 20.3 Å². The molecule has 0 saturated heterocycles. The SMILES string of the molecule is CN(Cc1cnc2cc(N)nc(N)c2n1)c1ccc(C(=O)NC(CCC(=O)O)C(=O)O)cc1.Cl. The first kappa shape index (κ1) is 26.1. The minimum Gasteiger partial charge on any atom is -0.481 e. The number of benzene rings is 1. The molecule has 7 N–H and O–H groups in total. The molecule has 180 valence electrons. The van der Waals surface area contributed by atoms with Gasteiger partial charge in [0.15, 0.2) is 5.82 Å². The summed E-state index contributed by atoms with van der Waals surface area (Å²) in [6.07, 6.45) is 1.03. The van der Waals surface area contributed by atoms with Gasteiger partial charge in [0.1, 0.15) is 17.4 Å². The van der Waals surface area contributed by atoms with E-state index in [4.69, 9.17) is 16.6 Å². The molecular formula is C21H24ClN7O5. The molecule has 34 heavy (non-hydrogen) atoms. The highest BCUT2D eigenvalue weighted by atomic mass is 35.5. The summed E-state index contributed by atoms with van der Waals surface area (Å²) in [7, 11) is 1.83. The van der Waals surface area contributed by atoms with Crippen LogP contribution in [-0.4, -0.2) is 56.1 Å². The number of hydrogen-bond acceptors (Lipinski definition) is 9. The molecule has 3 rings (SSSR count). The summed E-state index contributed by atoms with van der Waals surface area (Å²) in [4.78, 5) is 49.0. The van der Waals surface area contributed by atoms with Crippen LogP contribution < -0.4 is 21.7 Å². The summed E-state index contributed by atoms with van der Waals surface area (Å²) < 4.78 is 0. The van der Waals surface area contributed by atoms with E-state index in [0.29, 0.717) is 23.3 Å². The highest BCUT2D eigenvalue weighted by Crippen LogP contribution is 2.20. The van der Waals surface area contributed by atoms with E-state index in [-0.39, 0.29) is 42.4 Å². The third-order valence-electron chi connectivity index (χ3n) is 4.85. The molecule has 0 aliphatic heterocycles. The van der Waals surface area contributed by atoms with Gasteiger partial charge in [0.25, 0.3) is 5.91 Å². The lowest BCUT2D eigenvalue weighted by molar-refractivity contribution is -0.140. The fourth-order valence-corrected chi connectivity index (χ4v) is 3.14. The van der Waals surface area contributed by atoms with Crippen molar-refractivity contribution in [2.75, 3.05) is 23.4 Å². The lowest BCUT2D eigenvalue weighted by atomic mass is 10.1. The summed E-state index contributed by atoms with van der Waals surface area (Å²) in [5, 5.41) is 20.3. The molecule has 0 spiro atoms. The maximum atomic E-state index is 12.4. The van der Waals surface area contributed by atoms with E-state index in [9.17, 15) is 19.5 Å². The number of carboxylic acids is 2. The number of aromatic nitrogens is 3. The van der Waals surface area contributed by atoms with E-state index in [1.165, 1.54) is 0 Å². The van der Waals surface area contributed by atoms with Gasteiger partial charge in [-0.05, 0) is 30.7 Å². The van der Waals surface area contributed by atoms with Gasteiger partial charge in [-0.3, -0.25) is 14.6 Å². The molecule has 2 heterocycles. The van der Waals surface area contributed by atoms with E-state index >= 15 is 0 Å². The van der Waals surface area contributed by atoms with Gasteiger partial charge in [-0.25, -0.2) is 14.8 Å². The number of carboxylic acid groups (broad SMARTS) is 2. The molecule has 1 aromatic carbocycles. The second-order valence-electron chi connectivity index (χ2n) is 7.36. The average molecular weight is 490 g/mol. The predicted molar refractivity (Wildman–Crippen MR) is 128 cm³/mol. The summed E-state index contributed by atoms with van der Waals surface area (Å²) in [5.74, 6) is -2.58. The first-order valence-corrected chi connectivity index (χ1v) is 9.88. The van der Waals surface area contributed by atoms with E-state index in [0.717, 1.165) is 5.69 Å². The van der Waals surface area contributed by atoms with Crippen LogP contribution in [0.5, 0.6) is 0 Å². The Kier molecular flexibility index (Phi) is 8.51. The highest BCUT2D eigenvalue weighted by molar-refractivity contribution is 5.97. The van der Waals surface area contributed by atoms with Crippen molar-refractivity contribution in [3.8, 4) is 0 Å². The van der Waals surface area contributed by atoms with Crippen LogP contribution in [0.15, 0.2) is 36.5 Å². The van der Waals surface area contributed by atoms with Crippen molar-refractivity contribution in [3.05, 3.63) is 47.8 Å². The Bertz CT molecular complexity index is 1210. The smallest absolute Gasteiger partial charge is 0.326 e. The predicted octanol–water partition coefficient (Wildman–Crippen LogP) is 1.30. The molecule has 2 aromatic heterocycles. The second-order valence-corrected chi connectivity index (χ2v) is 7.36. The monoisotopic (exact) mass is 489 g/mol. The summed E-state index contributed by atoms with van der Waals surface area (Å²) in [6, 6.07) is 6.80. The van der Waals surface area contributed by atoms with Gasteiger partial charge >= 0.3 is 11.9 Å². The Morgan fingerprint density at radius 3 is 2.41 bits per heavy atom. The number of nitrogens with two attached hydrogens (primary N) is 2. The number of nitrogen functional groups attached to an aromatic ring is 2. The van der Waals surface area contributed by atoms with Gasteiger partial charge in [0.2, 0.25) is 0 Å². The Morgan fingerprint density at radius 2 is 1.79 bits per heavy atom. The molecule has 0 saturated carbocycles. The number of carbonyl (C=O) groups is 3. The molecular weight excluding hydrogens is 466 g/mol. The molecule has 0 aliphatic rings. The quantitative estimate of drug-likeness (QED) is 0.290. The number of carbonyl (C=O) groups excluding carboxylic acids is 1. The van der Waals surface area contributed by atoms with Gasteiger partial charge < -0.3 is 31.9 Å². The lowest BCUT2D eigenvalue weighted by Gasteiger charge is -2.19. The van der Waals surface area contributed by atoms with Crippen LogP contribution in [0, 0.1) is 0 Å². The van der Waals surface area contributed by atoms with Gasteiger partial charge in [0, 0.05) is 30.8 Å². The van der Waals surface area contributed by atoms with Crippen LogP contribution in [0.3, 0.4) is 0 Å². The highest BCUT2D eigenvalue weighted by Gasteiger charge is 2.21. The third kappa shape index (κ3) is 6.42. The number of halogens is 1. The second kappa shape index (κ2) is 11.1. The van der Waals surface area contributed by atoms with Crippen molar-refractivity contribution in [2.24, 2.45) is 0 Å². The summed E-state index contributed by atoms with van der Waals surface area (Å²) in [5.41, 5.74) is 14.2. The lowest BCUT2D eigenvalue weighted by Crippen LogP contribution is -2.41. The number of hydrogen-bond donors (Lipinski definition) is 5. The number of fused-ring (bicyclic) bond motifs is 1. The number of nitrogens with zero attached hydrogens (tertiary/aromatic N) is 4. The molecule has 1 unspecified atom stereocenters. The molecule has 0 aliphatic carbocycles. The summed E-state index contributed by atoms with van der Waals surface area (Å²) >= 11 is 0. The number of aliphatic carboxylic acids is 2. The van der Waals surface area contributed by atoms with Crippen LogP contribution in [0.2, 0.25) is 0 Å². The third-order valence-corrected chi connectivity index (χ3v) is 4.85. The fourth-order valence-electron chi connectivity index (χ4n) is 3.14. The van der Waals surface area contributed by atoms with Crippen molar-refractivity contribution >= 4 is 58.6 Å². The van der Waals surface area contributed by atoms with Crippen molar-refractivity contribution in [3.63, 3.8) is 0 Å². The number of pyridine rings is 1. The molecule has 3 aromatic rings. The van der Waals surface area contributed by atoms with Crippen LogP contribution in [0.25, 0.3) is 11.0 Å². The van der Waals surface area contributed by atoms with E-state index in [1.807, 2.05) is 11.9 Å². The first-order chi connectivity index (χ1) is 15.6. The zero-order valence-electron chi connectivity index (χ0n) is 18.1. The normalized spacial score (nSPS) is 11.3. The molecule has 0 fully saturated rings. The van der Waals surface area contributed by atoms with Crippen LogP contribution >= 0.6 is 12.4 Å². The molecule has 1 atom stereocenters. The van der Waals surface area contributed by atoms with Gasteiger partial charge in [0.05, 0.1) is 24.0 Å². The molecule has 0 radical (unpaired) electrons. The Hall–Kier alpha value is -4.19. The standard InChI is InChI=1S/C21H23N7O5.ClH/c1-28(10-12-9-24-15-8-16(22)27-19(23)18(15)25-12)13-4-2-11(3-5-13)20(31)26-14(21(32)33)6-7-17(29)30;/h2-5,8-9,14H,6-7,10H2,1H3,(H,26,31)(H,29,30)(H,32,33)(H4,22,23,27);1H. The van der Waals surface area contributed by atoms with Crippen LogP contribution in [-0.2, 0) is 16.1 Å². The van der Waals surface area contributed by atoms with E-state index in [2.05, 4.69) is 20.3 Å². The molecule has 12 nitrogen and oxygen atoms in total. The van der Waals surface area contributed by atoms with Crippen molar-refractivity contribution in [2.45, 2.75) is 25.4 Å². The molecule has 1 amide bonds. The maximum Gasteiger partial charge on any atom is 0.326 e. The van der Waals surface area contributed by atoms with E-state index in [1.54, 1.807) is 36.5 Å².